The summed E-state index contributed by atoms with van der Waals surface area (Å²) in [6, 6.07) is 14.1. The monoisotopic (exact) mass is 311 g/mol. The molecule has 120 valence electrons. The van der Waals surface area contributed by atoms with Crippen LogP contribution in [0.5, 0.6) is 5.75 Å². The maximum absolute atomic E-state index is 12.5. The molecule has 0 heterocycles. The molecule has 23 heavy (non-hydrogen) atoms. The lowest BCUT2D eigenvalue weighted by atomic mass is 10.0. The SMILES string of the molecule is COc1ccc(C(=O)c2ccccc2)cc1NC(=O)CC(C)C. The highest BCUT2D eigenvalue weighted by molar-refractivity contribution is 6.10. The number of ether oxygens (including phenoxy) is 1. The summed E-state index contributed by atoms with van der Waals surface area (Å²) in [5.74, 6) is 0.608. The molecule has 2 rings (SSSR count). The number of carbonyl (C=O) groups excluding carboxylic acids is 2. The zero-order valence-corrected chi connectivity index (χ0v) is 13.6. The van der Waals surface area contributed by atoms with E-state index in [2.05, 4.69) is 5.32 Å². The van der Waals surface area contributed by atoms with Crippen molar-refractivity contribution in [3.8, 4) is 5.75 Å². The predicted molar refractivity (Wildman–Crippen MR) is 91.0 cm³/mol. The summed E-state index contributed by atoms with van der Waals surface area (Å²) >= 11 is 0. The van der Waals surface area contributed by atoms with Crippen molar-refractivity contribution < 1.29 is 14.3 Å². The van der Waals surface area contributed by atoms with Gasteiger partial charge in [0.15, 0.2) is 5.78 Å². The fourth-order valence-electron chi connectivity index (χ4n) is 2.28. The number of ketones is 1. The Bertz CT molecular complexity index is 693. The Morgan fingerprint density at radius 1 is 1.04 bits per heavy atom. The summed E-state index contributed by atoms with van der Waals surface area (Å²) in [6.45, 7) is 3.96. The molecule has 0 aliphatic rings. The van der Waals surface area contributed by atoms with Crippen molar-refractivity contribution in [2.45, 2.75) is 20.3 Å². The van der Waals surface area contributed by atoms with Crippen molar-refractivity contribution in [3.05, 3.63) is 59.7 Å². The van der Waals surface area contributed by atoms with Gasteiger partial charge in [0, 0.05) is 17.5 Å². The summed E-state index contributed by atoms with van der Waals surface area (Å²) in [5.41, 5.74) is 1.63. The Kier molecular flexibility index (Phi) is 5.52. The molecule has 0 aliphatic carbocycles. The quantitative estimate of drug-likeness (QED) is 0.823. The van der Waals surface area contributed by atoms with E-state index < -0.39 is 0 Å². The minimum absolute atomic E-state index is 0.0902. The molecule has 1 N–H and O–H groups in total. The lowest BCUT2D eigenvalue weighted by Gasteiger charge is -2.12. The predicted octanol–water partition coefficient (Wildman–Crippen LogP) is 3.91. The van der Waals surface area contributed by atoms with Crippen LogP contribution in [0.3, 0.4) is 0 Å². The van der Waals surface area contributed by atoms with Crippen LogP contribution in [0.4, 0.5) is 5.69 Å². The van der Waals surface area contributed by atoms with Crippen LogP contribution in [-0.4, -0.2) is 18.8 Å². The van der Waals surface area contributed by atoms with E-state index in [1.165, 1.54) is 7.11 Å². The number of hydrogen-bond acceptors (Lipinski definition) is 3. The molecule has 0 aliphatic heterocycles. The van der Waals surface area contributed by atoms with Crippen molar-refractivity contribution in [2.24, 2.45) is 5.92 Å². The van der Waals surface area contributed by atoms with Crippen LogP contribution in [0.15, 0.2) is 48.5 Å². The van der Waals surface area contributed by atoms with Gasteiger partial charge in [0.25, 0.3) is 0 Å². The lowest BCUT2D eigenvalue weighted by molar-refractivity contribution is -0.116. The summed E-state index contributed by atoms with van der Waals surface area (Å²) in [5, 5.41) is 2.82. The molecule has 0 bridgehead atoms. The Morgan fingerprint density at radius 3 is 2.35 bits per heavy atom. The molecule has 0 spiro atoms. The van der Waals surface area contributed by atoms with Crippen molar-refractivity contribution in [1.29, 1.82) is 0 Å². The van der Waals surface area contributed by atoms with Gasteiger partial charge in [0.1, 0.15) is 5.75 Å². The zero-order chi connectivity index (χ0) is 16.8. The molecule has 0 fully saturated rings. The average Bonchev–Trinajstić information content (AvgIpc) is 2.54. The van der Waals surface area contributed by atoms with Crippen LogP contribution in [-0.2, 0) is 4.79 Å². The van der Waals surface area contributed by atoms with Gasteiger partial charge in [-0.2, -0.15) is 0 Å². The molecule has 2 aromatic rings. The molecule has 1 amide bonds. The summed E-state index contributed by atoms with van der Waals surface area (Å²) in [4.78, 5) is 24.5. The van der Waals surface area contributed by atoms with E-state index in [1.807, 2.05) is 32.0 Å². The minimum atomic E-state index is -0.0948. The summed E-state index contributed by atoms with van der Waals surface area (Å²) < 4.78 is 5.27. The second kappa shape index (κ2) is 7.58. The van der Waals surface area contributed by atoms with Gasteiger partial charge in [0.2, 0.25) is 5.91 Å². The van der Waals surface area contributed by atoms with Crippen LogP contribution in [0, 0.1) is 5.92 Å². The average molecular weight is 311 g/mol. The van der Waals surface area contributed by atoms with Crippen LogP contribution in [0.25, 0.3) is 0 Å². The number of benzene rings is 2. The van der Waals surface area contributed by atoms with E-state index in [0.717, 1.165) is 0 Å². The minimum Gasteiger partial charge on any atom is -0.495 e. The van der Waals surface area contributed by atoms with Gasteiger partial charge in [-0.15, -0.1) is 0 Å². The summed E-state index contributed by atoms with van der Waals surface area (Å²) in [6.07, 6.45) is 0.417. The number of nitrogens with one attached hydrogen (secondary N) is 1. The van der Waals surface area contributed by atoms with E-state index in [4.69, 9.17) is 4.74 Å². The fourth-order valence-corrected chi connectivity index (χ4v) is 2.28. The Morgan fingerprint density at radius 2 is 1.74 bits per heavy atom. The fraction of sp³-hybridized carbons (Fsp3) is 0.263. The van der Waals surface area contributed by atoms with Crippen LogP contribution >= 0.6 is 0 Å². The third kappa shape index (κ3) is 4.42. The molecule has 0 saturated heterocycles. The van der Waals surface area contributed by atoms with Gasteiger partial charge < -0.3 is 10.1 Å². The van der Waals surface area contributed by atoms with E-state index in [0.29, 0.717) is 29.0 Å². The number of methoxy groups -OCH3 is 1. The van der Waals surface area contributed by atoms with E-state index in [1.54, 1.807) is 30.3 Å². The van der Waals surface area contributed by atoms with E-state index in [9.17, 15) is 9.59 Å². The van der Waals surface area contributed by atoms with Gasteiger partial charge in [-0.3, -0.25) is 9.59 Å². The van der Waals surface area contributed by atoms with Gasteiger partial charge in [0.05, 0.1) is 12.8 Å². The van der Waals surface area contributed by atoms with Crippen molar-refractivity contribution in [3.63, 3.8) is 0 Å². The van der Waals surface area contributed by atoms with Crippen LogP contribution < -0.4 is 10.1 Å². The number of carbonyl (C=O) groups is 2. The molecule has 4 nitrogen and oxygen atoms in total. The molecule has 2 aromatic carbocycles. The van der Waals surface area contributed by atoms with Gasteiger partial charge in [-0.25, -0.2) is 0 Å². The smallest absolute Gasteiger partial charge is 0.224 e. The topological polar surface area (TPSA) is 55.4 Å². The van der Waals surface area contributed by atoms with Gasteiger partial charge in [-0.05, 0) is 24.1 Å². The molecule has 0 radical (unpaired) electrons. The Balaban J connectivity index is 2.28. The van der Waals surface area contributed by atoms with Gasteiger partial charge >= 0.3 is 0 Å². The number of anilines is 1. The standard InChI is InChI=1S/C19H21NO3/c1-13(2)11-18(21)20-16-12-15(9-10-17(16)23-3)19(22)14-7-5-4-6-8-14/h4-10,12-13H,11H2,1-3H3,(H,20,21). The second-order valence-electron chi connectivity index (χ2n) is 5.76. The molecule has 0 saturated carbocycles. The van der Waals surface area contributed by atoms with Crippen molar-refractivity contribution in [2.75, 3.05) is 12.4 Å². The lowest BCUT2D eigenvalue weighted by Crippen LogP contribution is -2.15. The largest absolute Gasteiger partial charge is 0.495 e. The maximum Gasteiger partial charge on any atom is 0.224 e. The zero-order valence-electron chi connectivity index (χ0n) is 13.6. The number of hydrogen-bond donors (Lipinski definition) is 1. The highest BCUT2D eigenvalue weighted by atomic mass is 16.5. The molecule has 0 atom stereocenters. The Hall–Kier alpha value is -2.62. The van der Waals surface area contributed by atoms with E-state index >= 15 is 0 Å². The number of rotatable bonds is 6. The maximum atomic E-state index is 12.5. The highest BCUT2D eigenvalue weighted by Gasteiger charge is 2.14. The molecular formula is C19H21NO3. The molecular weight excluding hydrogens is 290 g/mol. The first-order valence-electron chi connectivity index (χ1n) is 7.59. The van der Waals surface area contributed by atoms with Crippen LogP contribution in [0.2, 0.25) is 0 Å². The van der Waals surface area contributed by atoms with E-state index in [-0.39, 0.29) is 17.6 Å². The van der Waals surface area contributed by atoms with Crippen molar-refractivity contribution in [1.82, 2.24) is 0 Å². The molecule has 0 unspecified atom stereocenters. The molecule has 4 heteroatoms. The first kappa shape index (κ1) is 16.7. The molecule has 0 aromatic heterocycles. The first-order valence-corrected chi connectivity index (χ1v) is 7.59. The third-order valence-corrected chi connectivity index (χ3v) is 3.37. The summed E-state index contributed by atoms with van der Waals surface area (Å²) in [7, 11) is 1.53. The second-order valence-corrected chi connectivity index (χ2v) is 5.76. The number of amides is 1. The van der Waals surface area contributed by atoms with Crippen molar-refractivity contribution >= 4 is 17.4 Å². The van der Waals surface area contributed by atoms with Crippen LogP contribution in [0.1, 0.15) is 36.2 Å². The first-order chi connectivity index (χ1) is 11.0. The van der Waals surface area contributed by atoms with Gasteiger partial charge in [-0.1, -0.05) is 44.2 Å². The Labute approximate surface area is 136 Å². The highest BCUT2D eigenvalue weighted by Crippen LogP contribution is 2.27. The normalized spacial score (nSPS) is 10.4. The third-order valence-electron chi connectivity index (χ3n) is 3.37.